The van der Waals surface area contributed by atoms with E-state index in [-0.39, 0.29) is 0 Å². The second-order valence-electron chi connectivity index (χ2n) is 16.3. The third-order valence-corrected chi connectivity index (χ3v) is 9.84. The zero-order chi connectivity index (χ0) is 70.2. The summed E-state index contributed by atoms with van der Waals surface area (Å²) < 4.78 is 618. The van der Waals surface area contributed by atoms with Crippen molar-refractivity contribution in [1.82, 2.24) is 19.9 Å². The molecule has 2 aromatic rings. The van der Waals surface area contributed by atoms with Gasteiger partial charge in [-0.3, -0.25) is 0 Å². The van der Waals surface area contributed by atoms with Crippen molar-refractivity contribution in [3.8, 4) is 35.5 Å². The van der Waals surface area contributed by atoms with Gasteiger partial charge < -0.3 is 28.4 Å². The zero-order valence-corrected chi connectivity index (χ0v) is 39.3. The van der Waals surface area contributed by atoms with E-state index in [1.165, 1.54) is 0 Å². The minimum Gasteiger partial charge on any atom is -0.471 e. The van der Waals surface area contributed by atoms with Gasteiger partial charge in [0.1, 0.15) is 0 Å². The molecule has 0 atom stereocenters. The summed E-state index contributed by atoms with van der Waals surface area (Å²) in [6, 6.07) is -7.67. The van der Waals surface area contributed by atoms with Crippen LogP contribution in [0.3, 0.4) is 0 Å². The highest BCUT2D eigenvalue weighted by Gasteiger charge is 2.86. The third kappa shape index (κ3) is 13.9. The predicted molar refractivity (Wildman–Crippen MR) is 180 cm³/mol. The van der Waals surface area contributed by atoms with Crippen molar-refractivity contribution >= 4 is 0 Å². The van der Waals surface area contributed by atoms with Crippen molar-refractivity contribution in [2.45, 2.75) is 119 Å². The largest absolute Gasteiger partial charge is 0.471 e. The summed E-state index contributed by atoms with van der Waals surface area (Å²) in [6.07, 6.45) is -30.7. The van der Waals surface area contributed by atoms with Gasteiger partial charge in [0.05, 0.1) is 12.1 Å². The highest BCUT2D eigenvalue weighted by atomic mass is 19.5. The Bertz CT molecular complexity index is 2390. The van der Waals surface area contributed by atoms with Gasteiger partial charge in [-0.1, -0.05) is 0 Å². The second-order valence-corrected chi connectivity index (χ2v) is 16.3. The molecule has 0 fully saturated rings. The maximum atomic E-state index is 14.8. The first-order valence-corrected chi connectivity index (χ1v) is 20.1. The Morgan fingerprint density at radius 2 is 0.318 bits per heavy atom. The quantitative estimate of drug-likeness (QED) is 0.0731. The van der Waals surface area contributed by atoms with Crippen LogP contribution in [0.2, 0.25) is 0 Å². The van der Waals surface area contributed by atoms with Gasteiger partial charge in [0.15, 0.2) is 39.6 Å². The maximum absolute atomic E-state index is 14.8. The van der Waals surface area contributed by atoms with Crippen LogP contribution in [0.1, 0.15) is 0 Å². The molecule has 2 rings (SSSR count). The smallest absolute Gasteiger partial charge is 0.460 e. The Morgan fingerprint density at radius 1 is 0.193 bits per heavy atom. The maximum Gasteiger partial charge on any atom is 0.460 e. The monoisotopic (exact) mass is 1410 g/mol. The Morgan fingerprint density at radius 3 is 0.455 bits per heavy atom. The molecular formula is C34H14F44N4O6. The molecule has 0 bridgehead atoms. The fourth-order valence-electron chi connectivity index (χ4n) is 4.79. The topological polar surface area (TPSA) is 107 Å². The van der Waals surface area contributed by atoms with Gasteiger partial charge in [0.2, 0.25) is 23.5 Å². The number of halogens is 44. The first kappa shape index (κ1) is 78.0. The van der Waals surface area contributed by atoms with Gasteiger partial charge in [-0.15, -0.1) is 0 Å². The Hall–Kier alpha value is -6.12. The van der Waals surface area contributed by atoms with Crippen LogP contribution in [0.15, 0.2) is 12.1 Å². The number of ether oxygens (including phenoxy) is 6. The van der Waals surface area contributed by atoms with Crippen LogP contribution in [-0.4, -0.2) is 179 Å². The van der Waals surface area contributed by atoms with Gasteiger partial charge >= 0.3 is 131 Å². The number of hydrogen-bond acceptors (Lipinski definition) is 10. The van der Waals surface area contributed by atoms with E-state index in [1.807, 2.05) is 0 Å². The molecule has 0 saturated heterocycles. The SMILES string of the molecule is FC(F)(F)C(F)(F)C(F)(F)C(F)(F)COc1cc(OCC(F)(F)C(F)(F)C(F)(F)C(F)(F)F)nc(OCC(F)(F)C(F)(F)C(F)(F)C(F)(F)COc2nc(OCC(F)(F)C(F)(F)C(F)(F)C(F)(F)F)cc(OCC(F)(F)C(F)(F)C(F)(F)C(F)(F)F)n2)n1. The van der Waals surface area contributed by atoms with E-state index in [0.29, 0.717) is 0 Å². The molecule has 0 aliphatic heterocycles. The molecular weight excluding hydrogens is 1400 g/mol. The van der Waals surface area contributed by atoms with Crippen molar-refractivity contribution in [2.75, 3.05) is 39.6 Å². The van der Waals surface area contributed by atoms with Crippen molar-refractivity contribution in [3.05, 3.63) is 12.1 Å². The molecule has 2 aromatic heterocycles. The summed E-state index contributed by atoms with van der Waals surface area (Å²) >= 11 is 0. The number of nitrogens with zero attached hydrogens (tertiary/aromatic N) is 4. The summed E-state index contributed by atoms with van der Waals surface area (Å²) in [5, 5.41) is 0. The molecule has 0 unspecified atom stereocenters. The lowest BCUT2D eigenvalue weighted by atomic mass is 9.99. The van der Waals surface area contributed by atoms with Gasteiger partial charge in [-0.25, -0.2) is 0 Å². The van der Waals surface area contributed by atoms with E-state index in [1.54, 1.807) is 0 Å². The van der Waals surface area contributed by atoms with Crippen LogP contribution < -0.4 is 28.4 Å². The van der Waals surface area contributed by atoms with E-state index < -0.39 is 207 Å². The van der Waals surface area contributed by atoms with Crippen LogP contribution in [0.5, 0.6) is 35.5 Å². The van der Waals surface area contributed by atoms with E-state index in [0.717, 1.165) is 0 Å². The Kier molecular flexibility index (Phi) is 20.4. The highest BCUT2D eigenvalue weighted by molar-refractivity contribution is 5.25. The molecule has 88 heavy (non-hydrogen) atoms. The molecule has 514 valence electrons. The van der Waals surface area contributed by atoms with Crippen LogP contribution in [0, 0.1) is 0 Å². The number of alkyl halides is 44. The molecule has 10 nitrogen and oxygen atoms in total. The molecule has 0 N–H and O–H groups in total. The summed E-state index contributed by atoms with van der Waals surface area (Å²) in [5.74, 6) is -132. The van der Waals surface area contributed by atoms with Crippen LogP contribution in [0.4, 0.5) is 193 Å². The number of aromatic nitrogens is 4. The molecule has 2 heterocycles. The van der Waals surface area contributed by atoms with Crippen molar-refractivity contribution in [3.63, 3.8) is 0 Å². The Labute approximate surface area is 449 Å². The molecule has 0 radical (unpaired) electrons. The van der Waals surface area contributed by atoms with Gasteiger partial charge in [0, 0.05) is 0 Å². The molecule has 0 amide bonds. The summed E-state index contributed by atoms with van der Waals surface area (Å²) in [5.41, 5.74) is 0. The van der Waals surface area contributed by atoms with E-state index in [4.69, 9.17) is 0 Å². The normalized spacial score (nSPS) is 15.5. The summed E-state index contributed by atoms with van der Waals surface area (Å²) in [6.45, 7) is -23.2. The lowest BCUT2D eigenvalue weighted by Gasteiger charge is -2.36. The van der Waals surface area contributed by atoms with Crippen LogP contribution in [-0.2, 0) is 0 Å². The van der Waals surface area contributed by atoms with E-state index in [2.05, 4.69) is 48.4 Å². The van der Waals surface area contributed by atoms with Crippen LogP contribution in [0.25, 0.3) is 0 Å². The van der Waals surface area contributed by atoms with E-state index in [9.17, 15) is 193 Å². The third-order valence-electron chi connectivity index (χ3n) is 9.84. The van der Waals surface area contributed by atoms with Crippen molar-refractivity contribution in [2.24, 2.45) is 0 Å². The zero-order valence-electron chi connectivity index (χ0n) is 39.3. The van der Waals surface area contributed by atoms with Gasteiger partial charge in [-0.2, -0.15) is 213 Å². The van der Waals surface area contributed by atoms with Gasteiger partial charge in [-0.05, 0) is 0 Å². The summed E-state index contributed by atoms with van der Waals surface area (Å²) in [7, 11) is 0. The predicted octanol–water partition coefficient (Wildman–Crippen LogP) is 14.7. The summed E-state index contributed by atoms with van der Waals surface area (Å²) in [4.78, 5) is 8.70. The molecule has 54 heteroatoms. The molecule has 0 aliphatic carbocycles. The fourth-order valence-corrected chi connectivity index (χ4v) is 4.79. The average molecular weight is 1410 g/mol. The molecule has 0 aliphatic rings. The van der Waals surface area contributed by atoms with Crippen molar-refractivity contribution in [1.29, 1.82) is 0 Å². The standard InChI is InChI=1S/C34H14F44N4O6/c35-15(36,23(51,52)27(59,60)31(67,68)69)3-83-9-1-10(84-4-16(37,38)24(53,54)28(61,62)32(70,71)72)80-13(79-9)87-7-19(43,44)21(47,48)22(49,50)20(45,46)8-88-14-81-11(85-5-17(39,40)25(55,56)29(63,64)33(73,74)75)2-12(82-14)86-6-18(41,42)26(57,58)30(65,66)34(76,77)78/h1-2H,3-8H2. The number of rotatable bonds is 29. The van der Waals surface area contributed by atoms with Crippen LogP contribution >= 0.6 is 0 Å². The first-order chi connectivity index (χ1) is 38.2. The molecule has 0 aromatic carbocycles. The Balaban J connectivity index is 2.71. The lowest BCUT2D eigenvalue weighted by Crippen LogP contribution is -2.65. The van der Waals surface area contributed by atoms with Gasteiger partial charge in [0.25, 0.3) is 0 Å². The molecule has 0 spiro atoms. The minimum atomic E-state index is -8.07. The van der Waals surface area contributed by atoms with E-state index >= 15 is 0 Å². The fraction of sp³-hybridized carbons (Fsp3) is 0.765. The minimum absolute atomic E-state index is 0.942. The number of hydrogen-bond donors (Lipinski definition) is 0. The second kappa shape index (κ2) is 23.0. The molecule has 0 saturated carbocycles. The average Bonchev–Trinajstić information content (AvgIpc) is 0.812. The first-order valence-electron chi connectivity index (χ1n) is 20.1. The van der Waals surface area contributed by atoms with Crippen molar-refractivity contribution < 1.29 is 222 Å². The highest BCUT2D eigenvalue weighted by Crippen LogP contribution is 2.58. The lowest BCUT2D eigenvalue weighted by molar-refractivity contribution is -0.398.